The third-order valence-corrected chi connectivity index (χ3v) is 6.97. The third-order valence-electron chi connectivity index (χ3n) is 5.32. The van der Waals surface area contributed by atoms with E-state index in [1.165, 1.54) is 10.5 Å². The zero-order valence-electron chi connectivity index (χ0n) is 16.3. The normalized spacial score (nSPS) is 24.7. The van der Waals surface area contributed by atoms with Gasteiger partial charge in [-0.15, -0.1) is 22.0 Å². The van der Waals surface area contributed by atoms with E-state index in [4.69, 9.17) is 16.6 Å². The Hall–Kier alpha value is -1.63. The number of benzene rings is 1. The summed E-state index contributed by atoms with van der Waals surface area (Å²) >= 11 is 8.03. The Kier molecular flexibility index (Phi) is 4.91. The topological polar surface area (TPSA) is 46.3 Å². The minimum atomic E-state index is -0.0498. The first-order valence-electron chi connectivity index (χ1n) is 9.10. The molecule has 0 amide bonds. The van der Waals surface area contributed by atoms with Gasteiger partial charge in [0.1, 0.15) is 11.9 Å². The van der Waals surface area contributed by atoms with Crippen molar-refractivity contribution in [1.82, 2.24) is 19.7 Å². The van der Waals surface area contributed by atoms with Gasteiger partial charge in [-0.1, -0.05) is 29.3 Å². The first-order chi connectivity index (χ1) is 12.9. The predicted molar refractivity (Wildman–Crippen MR) is 113 cm³/mol. The molecule has 2 aliphatic rings. The molecular formula is C20H24ClN5S. The zero-order valence-corrected chi connectivity index (χ0v) is 17.8. The number of aromatic nitrogens is 3. The number of allylic oxidation sites excluding steroid dienone is 2. The van der Waals surface area contributed by atoms with E-state index < -0.39 is 0 Å². The molecule has 1 aromatic heterocycles. The minimum absolute atomic E-state index is 0.0498. The molecule has 3 heterocycles. The molecule has 0 saturated heterocycles. The van der Waals surface area contributed by atoms with Crippen LogP contribution in [-0.4, -0.2) is 46.0 Å². The SMILES string of the molecule is CC1=C(C)C2C(c3ccc(Cl)cc3)=N[C@@H](CN(C)C)c3nnc(C)n3C2S1. The molecule has 2 aliphatic heterocycles. The molecular weight excluding hydrogens is 378 g/mol. The van der Waals surface area contributed by atoms with Crippen LogP contribution in [0.3, 0.4) is 0 Å². The summed E-state index contributed by atoms with van der Waals surface area (Å²) in [5.74, 6) is 2.11. The van der Waals surface area contributed by atoms with Gasteiger partial charge >= 0.3 is 0 Å². The molecule has 0 N–H and O–H groups in total. The number of aryl methyl sites for hydroxylation is 1. The van der Waals surface area contributed by atoms with Crippen LogP contribution in [0.5, 0.6) is 0 Å². The lowest BCUT2D eigenvalue weighted by Crippen LogP contribution is -2.23. The number of fused-ring (bicyclic) bond motifs is 3. The molecule has 7 heteroatoms. The lowest BCUT2D eigenvalue weighted by molar-refractivity contribution is 0.367. The Morgan fingerprint density at radius 3 is 2.48 bits per heavy atom. The van der Waals surface area contributed by atoms with E-state index in [9.17, 15) is 0 Å². The highest BCUT2D eigenvalue weighted by Crippen LogP contribution is 2.52. The molecule has 4 rings (SSSR count). The fourth-order valence-electron chi connectivity index (χ4n) is 3.89. The molecule has 0 spiro atoms. The second kappa shape index (κ2) is 7.08. The smallest absolute Gasteiger partial charge is 0.160 e. The van der Waals surface area contributed by atoms with Crippen molar-refractivity contribution in [2.45, 2.75) is 32.2 Å². The van der Waals surface area contributed by atoms with E-state index in [-0.39, 0.29) is 17.3 Å². The van der Waals surface area contributed by atoms with Gasteiger partial charge in [0.15, 0.2) is 5.82 Å². The van der Waals surface area contributed by atoms with Gasteiger partial charge in [-0.25, -0.2) is 0 Å². The maximum absolute atomic E-state index is 6.14. The summed E-state index contributed by atoms with van der Waals surface area (Å²) in [5, 5.41) is 9.87. The fraction of sp³-hybridized carbons (Fsp3) is 0.450. The summed E-state index contributed by atoms with van der Waals surface area (Å²) in [7, 11) is 4.14. The van der Waals surface area contributed by atoms with Crippen LogP contribution < -0.4 is 0 Å². The summed E-state index contributed by atoms with van der Waals surface area (Å²) in [4.78, 5) is 8.77. The number of thioether (sulfide) groups is 1. The van der Waals surface area contributed by atoms with E-state index in [1.807, 2.05) is 30.8 Å². The molecule has 3 atom stereocenters. The molecule has 0 radical (unpaired) electrons. The van der Waals surface area contributed by atoms with Crippen LogP contribution in [-0.2, 0) is 0 Å². The predicted octanol–water partition coefficient (Wildman–Crippen LogP) is 4.50. The number of halogens is 1. The number of hydrogen-bond acceptors (Lipinski definition) is 5. The van der Waals surface area contributed by atoms with Gasteiger partial charge in [-0.05, 0) is 57.5 Å². The number of aliphatic imine (C=N–C) groups is 1. The van der Waals surface area contributed by atoms with Crippen molar-refractivity contribution in [3.05, 3.63) is 57.0 Å². The number of nitrogens with zero attached hydrogens (tertiary/aromatic N) is 5. The van der Waals surface area contributed by atoms with Gasteiger partial charge in [-0.3, -0.25) is 9.56 Å². The van der Waals surface area contributed by atoms with Crippen LogP contribution in [0, 0.1) is 12.8 Å². The van der Waals surface area contributed by atoms with Crippen LogP contribution >= 0.6 is 23.4 Å². The van der Waals surface area contributed by atoms with Crippen molar-refractivity contribution in [3.8, 4) is 0 Å². The maximum Gasteiger partial charge on any atom is 0.160 e. The van der Waals surface area contributed by atoms with E-state index >= 15 is 0 Å². The van der Waals surface area contributed by atoms with Crippen molar-refractivity contribution in [2.24, 2.45) is 10.9 Å². The first kappa shape index (κ1) is 18.7. The second-order valence-corrected chi connectivity index (χ2v) is 9.27. The van der Waals surface area contributed by atoms with Crippen molar-refractivity contribution < 1.29 is 0 Å². The quantitative estimate of drug-likeness (QED) is 0.759. The second-order valence-electron chi connectivity index (χ2n) is 7.50. The molecule has 0 aliphatic carbocycles. The lowest BCUT2D eigenvalue weighted by Gasteiger charge is -2.23. The highest BCUT2D eigenvalue weighted by Gasteiger charge is 2.42. The molecule has 2 unspecified atom stereocenters. The first-order valence-corrected chi connectivity index (χ1v) is 10.4. The molecule has 1 aromatic carbocycles. The van der Waals surface area contributed by atoms with Crippen molar-refractivity contribution in [2.75, 3.05) is 20.6 Å². The summed E-state index contributed by atoms with van der Waals surface area (Å²) in [6.45, 7) is 7.26. The molecule has 2 aromatic rings. The average Bonchev–Trinajstić information content (AvgIpc) is 3.08. The van der Waals surface area contributed by atoms with Crippen LogP contribution in [0.2, 0.25) is 5.02 Å². The standard InChI is InChI=1S/C20H24ClN5S/c1-11-12(2)27-20-17(11)18(14-6-8-15(21)9-7-14)22-16(10-25(4)5)19-24-23-13(3)26(19)20/h6-9,16-17,20H,10H2,1-5H3/t16-,17?,20?/m0/s1. The maximum atomic E-state index is 6.14. The average molecular weight is 402 g/mol. The van der Waals surface area contributed by atoms with E-state index in [0.29, 0.717) is 0 Å². The Morgan fingerprint density at radius 2 is 1.81 bits per heavy atom. The van der Waals surface area contributed by atoms with Gasteiger partial charge in [0, 0.05) is 11.6 Å². The highest BCUT2D eigenvalue weighted by atomic mass is 35.5. The van der Waals surface area contributed by atoms with Gasteiger partial charge in [0.2, 0.25) is 0 Å². The van der Waals surface area contributed by atoms with Crippen molar-refractivity contribution in [1.29, 1.82) is 0 Å². The minimum Gasteiger partial charge on any atom is -0.307 e. The van der Waals surface area contributed by atoms with E-state index in [1.54, 1.807) is 0 Å². The highest BCUT2D eigenvalue weighted by molar-refractivity contribution is 8.03. The number of likely N-dealkylation sites (N-methyl/N-ethyl adjacent to an activating group) is 1. The van der Waals surface area contributed by atoms with Gasteiger partial charge < -0.3 is 4.90 Å². The summed E-state index contributed by atoms with van der Waals surface area (Å²) in [6, 6.07) is 8.00. The molecule has 0 saturated carbocycles. The fourth-order valence-corrected chi connectivity index (χ4v) is 5.53. The zero-order chi connectivity index (χ0) is 19.3. The molecule has 0 fully saturated rings. The molecule has 0 bridgehead atoms. The van der Waals surface area contributed by atoms with Crippen molar-refractivity contribution in [3.63, 3.8) is 0 Å². The Labute approximate surface area is 169 Å². The van der Waals surface area contributed by atoms with Gasteiger partial charge in [-0.2, -0.15) is 0 Å². The van der Waals surface area contributed by atoms with Crippen LogP contribution in [0.15, 0.2) is 39.7 Å². The Balaban J connectivity index is 1.93. The summed E-state index contributed by atoms with van der Waals surface area (Å²) < 4.78 is 2.30. The van der Waals surface area contributed by atoms with E-state index in [0.717, 1.165) is 34.5 Å². The largest absolute Gasteiger partial charge is 0.307 e. The Morgan fingerprint density at radius 1 is 1.11 bits per heavy atom. The monoisotopic (exact) mass is 401 g/mol. The van der Waals surface area contributed by atoms with Gasteiger partial charge in [0.05, 0.1) is 17.0 Å². The summed E-state index contributed by atoms with van der Waals surface area (Å²) in [6.07, 6.45) is 0. The number of hydrogen-bond donors (Lipinski definition) is 0. The van der Waals surface area contributed by atoms with Crippen LogP contribution in [0.4, 0.5) is 0 Å². The van der Waals surface area contributed by atoms with Crippen LogP contribution in [0.1, 0.15) is 42.5 Å². The lowest BCUT2D eigenvalue weighted by atomic mass is 9.90. The van der Waals surface area contributed by atoms with Crippen LogP contribution in [0.25, 0.3) is 0 Å². The Bertz CT molecular complexity index is 928. The third kappa shape index (κ3) is 3.24. The summed E-state index contributed by atoms with van der Waals surface area (Å²) in [5.41, 5.74) is 3.63. The molecule has 27 heavy (non-hydrogen) atoms. The molecule has 5 nitrogen and oxygen atoms in total. The van der Waals surface area contributed by atoms with Gasteiger partial charge in [0.25, 0.3) is 0 Å². The van der Waals surface area contributed by atoms with E-state index in [2.05, 4.69) is 59.7 Å². The number of rotatable bonds is 3. The van der Waals surface area contributed by atoms with Crippen molar-refractivity contribution >= 4 is 29.1 Å². The molecule has 142 valence electrons.